The number of rotatable bonds is 4. The van der Waals surface area contributed by atoms with Gasteiger partial charge in [-0.25, -0.2) is 0 Å². The Morgan fingerprint density at radius 3 is 2.65 bits per heavy atom. The van der Waals surface area contributed by atoms with Crippen LogP contribution < -0.4 is 0 Å². The maximum absolute atomic E-state index is 13.7. The van der Waals surface area contributed by atoms with E-state index in [9.17, 15) is 4.79 Å². The van der Waals surface area contributed by atoms with Crippen molar-refractivity contribution < 1.29 is 9.32 Å². The summed E-state index contributed by atoms with van der Waals surface area (Å²) in [4.78, 5) is 21.7. The minimum atomic E-state index is -0.685. The van der Waals surface area contributed by atoms with Crippen LogP contribution in [-0.2, 0) is 5.54 Å². The fourth-order valence-electron chi connectivity index (χ4n) is 4.14. The van der Waals surface area contributed by atoms with Crippen molar-refractivity contribution in [3.63, 3.8) is 0 Å². The van der Waals surface area contributed by atoms with Gasteiger partial charge in [0.2, 0.25) is 5.82 Å². The van der Waals surface area contributed by atoms with Gasteiger partial charge in [-0.3, -0.25) is 4.79 Å². The molecule has 8 heteroatoms. The van der Waals surface area contributed by atoms with Crippen LogP contribution in [0.4, 0.5) is 0 Å². The first-order chi connectivity index (χ1) is 15.1. The Bertz CT molecular complexity index is 1220. The number of amides is 1. The zero-order chi connectivity index (χ0) is 21.4. The molecule has 0 N–H and O–H groups in total. The van der Waals surface area contributed by atoms with Crippen LogP contribution in [0.25, 0.3) is 17.1 Å². The number of aromatic nitrogens is 5. The van der Waals surface area contributed by atoms with Gasteiger partial charge in [-0.1, -0.05) is 47.1 Å². The van der Waals surface area contributed by atoms with Crippen molar-refractivity contribution in [2.24, 2.45) is 0 Å². The molecule has 1 unspecified atom stereocenters. The maximum atomic E-state index is 13.7. The summed E-state index contributed by atoms with van der Waals surface area (Å²) in [5.41, 5.74) is 2.37. The summed E-state index contributed by atoms with van der Waals surface area (Å²) < 4.78 is 5.66. The highest BCUT2D eigenvalue weighted by Gasteiger charge is 2.46. The molecule has 31 heavy (non-hydrogen) atoms. The van der Waals surface area contributed by atoms with E-state index < -0.39 is 5.54 Å². The number of hydrogen-bond donors (Lipinski definition) is 0. The van der Waals surface area contributed by atoms with E-state index in [4.69, 9.17) is 4.52 Å². The van der Waals surface area contributed by atoms with E-state index in [1.165, 1.54) is 4.80 Å². The van der Waals surface area contributed by atoms with Crippen molar-refractivity contribution in [1.29, 1.82) is 0 Å². The molecule has 156 valence electrons. The molecule has 4 aromatic rings. The highest BCUT2D eigenvalue weighted by molar-refractivity contribution is 5.98. The molecule has 0 bridgehead atoms. The first-order valence-corrected chi connectivity index (χ1v) is 10.3. The number of nitrogens with zero attached hydrogens (tertiary/aromatic N) is 6. The van der Waals surface area contributed by atoms with Gasteiger partial charge in [-0.05, 0) is 38.8 Å². The quantitative estimate of drug-likeness (QED) is 0.505. The standard InChI is InChI=1S/C23H22N6O2/c1-16-9-10-19(29-24-12-13-25-29)18(15-16)21(30)28-14-6-11-23(28,2)22-26-20(27-31-22)17-7-4-3-5-8-17/h3-5,7-10,12-13,15H,6,11,14H2,1-2H3. The first kappa shape index (κ1) is 19.2. The third kappa shape index (κ3) is 3.30. The van der Waals surface area contributed by atoms with E-state index in [2.05, 4.69) is 20.3 Å². The Balaban J connectivity index is 1.52. The number of aryl methyl sites for hydroxylation is 1. The Morgan fingerprint density at radius 2 is 1.87 bits per heavy atom. The van der Waals surface area contributed by atoms with Gasteiger partial charge in [0.15, 0.2) is 0 Å². The highest BCUT2D eigenvalue weighted by atomic mass is 16.5. The average molecular weight is 414 g/mol. The minimum absolute atomic E-state index is 0.101. The summed E-state index contributed by atoms with van der Waals surface area (Å²) in [6.45, 7) is 4.56. The predicted octanol–water partition coefficient (Wildman–Crippen LogP) is 3.78. The van der Waals surface area contributed by atoms with Crippen molar-refractivity contribution in [3.05, 3.63) is 77.9 Å². The number of carbonyl (C=O) groups is 1. The summed E-state index contributed by atoms with van der Waals surface area (Å²) in [5, 5.41) is 12.6. The molecule has 1 atom stereocenters. The molecule has 1 amide bonds. The Morgan fingerprint density at radius 1 is 1.10 bits per heavy atom. The molecule has 5 rings (SSSR count). The van der Waals surface area contributed by atoms with E-state index in [0.717, 1.165) is 24.0 Å². The van der Waals surface area contributed by atoms with Crippen LogP contribution in [0.1, 0.15) is 41.6 Å². The lowest BCUT2D eigenvalue weighted by molar-refractivity contribution is 0.0551. The monoisotopic (exact) mass is 414 g/mol. The SMILES string of the molecule is Cc1ccc(-n2nccn2)c(C(=O)N2CCCC2(C)c2nc(-c3ccccc3)no2)c1. The highest BCUT2D eigenvalue weighted by Crippen LogP contribution is 2.39. The van der Waals surface area contributed by atoms with E-state index in [1.807, 2.05) is 67.3 Å². The molecule has 0 radical (unpaired) electrons. The second-order valence-electron chi connectivity index (χ2n) is 7.96. The van der Waals surface area contributed by atoms with Gasteiger partial charge in [-0.2, -0.15) is 20.0 Å². The molecule has 1 saturated heterocycles. The summed E-state index contributed by atoms with van der Waals surface area (Å²) in [6.07, 6.45) is 4.79. The van der Waals surface area contributed by atoms with E-state index >= 15 is 0 Å². The third-order valence-electron chi connectivity index (χ3n) is 5.82. The second-order valence-corrected chi connectivity index (χ2v) is 7.96. The van der Waals surface area contributed by atoms with Crippen LogP contribution >= 0.6 is 0 Å². The van der Waals surface area contributed by atoms with E-state index in [1.54, 1.807) is 12.4 Å². The molecule has 3 heterocycles. The fourth-order valence-corrected chi connectivity index (χ4v) is 4.14. The molecule has 8 nitrogen and oxygen atoms in total. The summed E-state index contributed by atoms with van der Waals surface area (Å²) in [7, 11) is 0. The molecule has 2 aromatic carbocycles. The first-order valence-electron chi connectivity index (χ1n) is 10.3. The molecular formula is C23H22N6O2. The van der Waals surface area contributed by atoms with Crippen LogP contribution in [0.15, 0.2) is 65.4 Å². The third-order valence-corrected chi connectivity index (χ3v) is 5.82. The predicted molar refractivity (Wildman–Crippen MR) is 113 cm³/mol. The molecule has 1 fully saturated rings. The topological polar surface area (TPSA) is 89.9 Å². The van der Waals surface area contributed by atoms with Gasteiger partial charge in [-0.15, -0.1) is 0 Å². The number of hydrogen-bond acceptors (Lipinski definition) is 6. The minimum Gasteiger partial charge on any atom is -0.336 e. The van der Waals surface area contributed by atoms with Crippen LogP contribution in [0.5, 0.6) is 0 Å². The molecular weight excluding hydrogens is 392 g/mol. The number of likely N-dealkylation sites (tertiary alicyclic amines) is 1. The fraction of sp³-hybridized carbons (Fsp3) is 0.261. The van der Waals surface area contributed by atoms with Crippen LogP contribution in [-0.4, -0.2) is 42.5 Å². The van der Waals surface area contributed by atoms with Gasteiger partial charge in [0.05, 0.1) is 23.6 Å². The molecule has 0 spiro atoms. The molecule has 2 aromatic heterocycles. The van der Waals surface area contributed by atoms with Gasteiger partial charge >= 0.3 is 0 Å². The van der Waals surface area contributed by atoms with E-state index in [0.29, 0.717) is 29.5 Å². The van der Waals surface area contributed by atoms with Crippen LogP contribution in [0.2, 0.25) is 0 Å². The molecule has 1 aliphatic heterocycles. The number of carbonyl (C=O) groups excluding carboxylic acids is 1. The Labute approximate surface area is 179 Å². The lowest BCUT2D eigenvalue weighted by Crippen LogP contribution is -2.43. The largest absolute Gasteiger partial charge is 0.336 e. The zero-order valence-corrected chi connectivity index (χ0v) is 17.4. The zero-order valence-electron chi connectivity index (χ0n) is 17.4. The lowest BCUT2D eigenvalue weighted by atomic mass is 9.97. The second kappa shape index (κ2) is 7.46. The van der Waals surface area contributed by atoms with E-state index in [-0.39, 0.29) is 5.91 Å². The Kier molecular flexibility index (Phi) is 4.62. The van der Waals surface area contributed by atoms with Crippen LogP contribution in [0.3, 0.4) is 0 Å². The molecule has 1 aliphatic rings. The summed E-state index contributed by atoms with van der Waals surface area (Å²) in [5.74, 6) is 0.868. The summed E-state index contributed by atoms with van der Waals surface area (Å²) in [6, 6.07) is 15.4. The summed E-state index contributed by atoms with van der Waals surface area (Å²) >= 11 is 0. The van der Waals surface area contributed by atoms with Gasteiger partial charge in [0, 0.05) is 12.1 Å². The molecule has 0 aliphatic carbocycles. The van der Waals surface area contributed by atoms with Gasteiger partial charge in [0.1, 0.15) is 5.54 Å². The molecule has 0 saturated carbocycles. The van der Waals surface area contributed by atoms with Crippen molar-refractivity contribution in [2.75, 3.05) is 6.54 Å². The van der Waals surface area contributed by atoms with Crippen molar-refractivity contribution in [1.82, 2.24) is 30.0 Å². The van der Waals surface area contributed by atoms with Crippen molar-refractivity contribution in [2.45, 2.75) is 32.2 Å². The Hall–Kier alpha value is -3.81. The maximum Gasteiger partial charge on any atom is 0.257 e. The lowest BCUT2D eigenvalue weighted by Gasteiger charge is -2.32. The smallest absolute Gasteiger partial charge is 0.257 e. The van der Waals surface area contributed by atoms with Crippen molar-refractivity contribution >= 4 is 5.91 Å². The van der Waals surface area contributed by atoms with Crippen LogP contribution in [0, 0.1) is 6.92 Å². The normalized spacial score (nSPS) is 18.5. The van der Waals surface area contributed by atoms with Crippen molar-refractivity contribution in [3.8, 4) is 17.1 Å². The number of benzene rings is 2. The average Bonchev–Trinajstić information content (AvgIpc) is 3.55. The van der Waals surface area contributed by atoms with Gasteiger partial charge < -0.3 is 9.42 Å². The van der Waals surface area contributed by atoms with Gasteiger partial charge in [0.25, 0.3) is 11.8 Å².